The molecule has 0 fully saturated rings. The summed E-state index contributed by atoms with van der Waals surface area (Å²) in [7, 11) is 3.27. The van der Waals surface area contributed by atoms with Gasteiger partial charge in [0, 0.05) is 13.1 Å². The first-order valence-electron chi connectivity index (χ1n) is 9.29. The smallest absolute Gasteiger partial charge is 0.272 e. The van der Waals surface area contributed by atoms with E-state index in [-0.39, 0.29) is 11.6 Å². The number of hydrogen-bond acceptors (Lipinski definition) is 6. The van der Waals surface area contributed by atoms with Crippen molar-refractivity contribution in [3.8, 4) is 11.5 Å². The van der Waals surface area contributed by atoms with E-state index < -0.39 is 0 Å². The Morgan fingerprint density at radius 1 is 0.828 bits per heavy atom. The van der Waals surface area contributed by atoms with Crippen molar-refractivity contribution in [2.24, 2.45) is 0 Å². The molecule has 0 saturated heterocycles. The monoisotopic (exact) mass is 392 g/mol. The number of amides is 1. The third kappa shape index (κ3) is 5.93. The number of benzene rings is 2. The lowest BCUT2D eigenvalue weighted by Crippen LogP contribution is -2.24. The Balaban J connectivity index is 1.45. The number of hydrogen-bond donors (Lipinski definition) is 2. The van der Waals surface area contributed by atoms with Gasteiger partial charge in [-0.3, -0.25) is 4.79 Å². The van der Waals surface area contributed by atoms with E-state index in [0.717, 1.165) is 23.5 Å². The first kappa shape index (κ1) is 20.1. The molecule has 1 amide bonds. The molecule has 29 heavy (non-hydrogen) atoms. The highest BCUT2D eigenvalue weighted by Gasteiger charge is 2.08. The van der Waals surface area contributed by atoms with E-state index in [1.54, 1.807) is 26.4 Å². The molecule has 0 aliphatic heterocycles. The van der Waals surface area contributed by atoms with Gasteiger partial charge in [0.2, 0.25) is 0 Å². The van der Waals surface area contributed by atoms with Gasteiger partial charge in [0.25, 0.3) is 5.91 Å². The number of ether oxygens (including phenoxy) is 2. The van der Waals surface area contributed by atoms with Crippen LogP contribution in [0.1, 0.15) is 21.6 Å². The van der Waals surface area contributed by atoms with Gasteiger partial charge in [0.15, 0.2) is 5.69 Å². The zero-order chi connectivity index (χ0) is 20.5. The molecule has 150 valence electrons. The fourth-order valence-corrected chi connectivity index (χ4v) is 2.69. The molecule has 0 bridgehead atoms. The number of nitrogens with one attached hydrogen (secondary N) is 2. The molecule has 2 aromatic carbocycles. The van der Waals surface area contributed by atoms with Gasteiger partial charge < -0.3 is 20.1 Å². The molecular weight excluding hydrogens is 368 g/mol. The average molecular weight is 392 g/mol. The number of carbonyl (C=O) groups excluding carboxylic acids is 1. The summed E-state index contributed by atoms with van der Waals surface area (Å²) in [4.78, 5) is 12.2. The van der Waals surface area contributed by atoms with Gasteiger partial charge in [-0.1, -0.05) is 24.3 Å². The molecule has 1 aromatic heterocycles. The second kappa shape index (κ2) is 10.1. The molecule has 7 heteroatoms. The van der Waals surface area contributed by atoms with Crippen molar-refractivity contribution in [1.29, 1.82) is 0 Å². The van der Waals surface area contributed by atoms with Crippen LogP contribution in [0.2, 0.25) is 0 Å². The summed E-state index contributed by atoms with van der Waals surface area (Å²) in [6.45, 7) is 1.12. The van der Waals surface area contributed by atoms with Crippen LogP contribution in [0, 0.1) is 0 Å². The van der Waals surface area contributed by atoms with Gasteiger partial charge in [-0.05, 0) is 53.9 Å². The lowest BCUT2D eigenvalue weighted by atomic mass is 10.1. The van der Waals surface area contributed by atoms with Crippen LogP contribution >= 0.6 is 0 Å². The van der Waals surface area contributed by atoms with E-state index in [1.165, 1.54) is 5.56 Å². The van der Waals surface area contributed by atoms with E-state index in [9.17, 15) is 4.79 Å². The van der Waals surface area contributed by atoms with Crippen LogP contribution in [0.25, 0.3) is 0 Å². The van der Waals surface area contributed by atoms with Gasteiger partial charge >= 0.3 is 0 Å². The summed E-state index contributed by atoms with van der Waals surface area (Å²) in [6.07, 6.45) is 0.843. The maximum atomic E-state index is 12.2. The molecule has 0 aliphatic rings. The second-order valence-corrected chi connectivity index (χ2v) is 6.36. The van der Waals surface area contributed by atoms with Crippen LogP contribution in [0.5, 0.6) is 11.5 Å². The van der Waals surface area contributed by atoms with Crippen molar-refractivity contribution in [2.45, 2.75) is 13.0 Å². The lowest BCUT2D eigenvalue weighted by molar-refractivity contribution is 0.0945. The molecule has 0 spiro atoms. The highest BCUT2D eigenvalue weighted by Crippen LogP contribution is 2.12. The number of anilines is 1. The molecule has 1 heterocycles. The molecule has 3 rings (SSSR count). The summed E-state index contributed by atoms with van der Waals surface area (Å²) in [6, 6.07) is 18.9. The molecular formula is C22H24N4O3. The van der Waals surface area contributed by atoms with Crippen LogP contribution in [0.4, 0.5) is 5.82 Å². The lowest BCUT2D eigenvalue weighted by Gasteiger charge is -2.08. The minimum atomic E-state index is -0.266. The van der Waals surface area contributed by atoms with Crippen molar-refractivity contribution in [2.75, 3.05) is 26.1 Å². The molecule has 7 nitrogen and oxygen atoms in total. The Morgan fingerprint density at radius 3 is 2.00 bits per heavy atom. The largest absolute Gasteiger partial charge is 0.497 e. The van der Waals surface area contributed by atoms with Crippen LogP contribution in [0.3, 0.4) is 0 Å². The molecule has 0 radical (unpaired) electrons. The van der Waals surface area contributed by atoms with Crippen molar-refractivity contribution < 1.29 is 14.3 Å². The van der Waals surface area contributed by atoms with Gasteiger partial charge in [-0.2, -0.15) is 0 Å². The predicted octanol–water partition coefficient (Wildman–Crippen LogP) is 3.08. The van der Waals surface area contributed by atoms with Gasteiger partial charge in [-0.25, -0.2) is 0 Å². The maximum Gasteiger partial charge on any atom is 0.272 e. The van der Waals surface area contributed by atoms with Gasteiger partial charge in [-0.15, -0.1) is 10.2 Å². The molecule has 0 saturated carbocycles. The summed E-state index contributed by atoms with van der Waals surface area (Å²) in [5.41, 5.74) is 2.45. The van der Waals surface area contributed by atoms with Crippen LogP contribution in [-0.2, 0) is 13.0 Å². The number of nitrogens with zero attached hydrogens (tertiary/aromatic N) is 2. The van der Waals surface area contributed by atoms with E-state index in [4.69, 9.17) is 9.47 Å². The van der Waals surface area contributed by atoms with Crippen LogP contribution in [-0.4, -0.2) is 36.9 Å². The van der Waals surface area contributed by atoms with E-state index in [1.807, 2.05) is 48.5 Å². The predicted molar refractivity (Wildman–Crippen MR) is 111 cm³/mol. The third-order valence-corrected chi connectivity index (χ3v) is 4.39. The summed E-state index contributed by atoms with van der Waals surface area (Å²) >= 11 is 0. The summed E-state index contributed by atoms with van der Waals surface area (Å²) < 4.78 is 10.3. The Bertz CT molecular complexity index is 910. The van der Waals surface area contributed by atoms with Crippen molar-refractivity contribution >= 4 is 11.7 Å². The quantitative estimate of drug-likeness (QED) is 0.582. The van der Waals surface area contributed by atoms with Gasteiger partial charge in [0.05, 0.1) is 14.2 Å². The minimum Gasteiger partial charge on any atom is -0.497 e. The molecule has 0 atom stereocenters. The van der Waals surface area contributed by atoms with E-state index in [0.29, 0.717) is 18.9 Å². The van der Waals surface area contributed by atoms with E-state index in [2.05, 4.69) is 20.8 Å². The fourth-order valence-electron chi connectivity index (χ4n) is 2.69. The zero-order valence-corrected chi connectivity index (χ0v) is 16.5. The van der Waals surface area contributed by atoms with Crippen LogP contribution in [0.15, 0.2) is 60.7 Å². The molecule has 0 unspecified atom stereocenters. The van der Waals surface area contributed by atoms with Crippen molar-refractivity contribution in [1.82, 2.24) is 15.5 Å². The first-order chi connectivity index (χ1) is 14.2. The van der Waals surface area contributed by atoms with E-state index >= 15 is 0 Å². The molecule has 2 N–H and O–H groups in total. The molecule has 3 aromatic rings. The topological polar surface area (TPSA) is 85.4 Å². The average Bonchev–Trinajstić information content (AvgIpc) is 2.78. The Kier molecular flexibility index (Phi) is 7.00. The highest BCUT2D eigenvalue weighted by atomic mass is 16.5. The number of rotatable bonds is 9. The number of methoxy groups -OCH3 is 2. The molecule has 0 aliphatic carbocycles. The third-order valence-electron chi connectivity index (χ3n) is 4.39. The standard InChI is InChI=1S/C22H24N4O3/c1-28-18-7-3-16(4-8-18)13-14-23-21-12-11-20(25-26-21)22(27)24-15-17-5-9-19(29-2)10-6-17/h3-12H,13-15H2,1-2H3,(H,23,26)(H,24,27). The van der Waals surface area contributed by atoms with Crippen molar-refractivity contribution in [3.05, 3.63) is 77.5 Å². The van der Waals surface area contributed by atoms with Gasteiger partial charge in [0.1, 0.15) is 17.3 Å². The summed E-state index contributed by atoms with van der Waals surface area (Å²) in [5.74, 6) is 1.98. The second-order valence-electron chi connectivity index (χ2n) is 6.36. The number of aromatic nitrogens is 2. The summed E-state index contributed by atoms with van der Waals surface area (Å²) in [5, 5.41) is 14.1. The fraction of sp³-hybridized carbons (Fsp3) is 0.227. The maximum absolute atomic E-state index is 12.2. The SMILES string of the molecule is COc1ccc(CCNc2ccc(C(=O)NCc3ccc(OC)cc3)nn2)cc1. The minimum absolute atomic E-state index is 0.266. The van der Waals surface area contributed by atoms with Crippen molar-refractivity contribution in [3.63, 3.8) is 0 Å². The number of carbonyl (C=O) groups is 1. The zero-order valence-electron chi connectivity index (χ0n) is 16.5. The Morgan fingerprint density at radius 2 is 1.45 bits per heavy atom. The van der Waals surface area contributed by atoms with Crippen LogP contribution < -0.4 is 20.1 Å². The Hall–Kier alpha value is -3.61. The normalized spacial score (nSPS) is 10.3. The highest BCUT2D eigenvalue weighted by molar-refractivity contribution is 5.92. The Labute approximate surface area is 170 Å². The first-order valence-corrected chi connectivity index (χ1v) is 9.29.